The molecule has 2 atom stereocenters. The van der Waals surface area contributed by atoms with E-state index < -0.39 is 6.04 Å². The molecule has 0 N–H and O–H groups in total. The predicted octanol–water partition coefficient (Wildman–Crippen LogP) is 3.51. The minimum atomic E-state index is -0.411. The largest absolute Gasteiger partial charge is 0.323 e. The Morgan fingerprint density at radius 2 is 1.50 bits per heavy atom. The highest BCUT2D eigenvalue weighted by Crippen LogP contribution is 2.27. The number of aryl methyl sites for hydroxylation is 1. The fourth-order valence-electron chi connectivity index (χ4n) is 3.62. The number of hydrogen-bond acceptors (Lipinski definition) is 2. The maximum Gasteiger partial charge on any atom is 0.247 e. The second kappa shape index (κ2) is 8.65. The Kier molecular flexibility index (Phi) is 6.56. The van der Waals surface area contributed by atoms with E-state index in [0.717, 1.165) is 18.4 Å². The van der Waals surface area contributed by atoms with Gasteiger partial charge in [0.25, 0.3) is 0 Å². The van der Waals surface area contributed by atoms with Crippen LogP contribution in [0.3, 0.4) is 0 Å². The first-order valence-corrected chi connectivity index (χ1v) is 8.71. The Morgan fingerprint density at radius 3 is 2.04 bits per heavy atom. The summed E-state index contributed by atoms with van der Waals surface area (Å²) in [5.74, 6) is -0.0196. The van der Waals surface area contributed by atoms with Crippen molar-refractivity contribution in [2.75, 3.05) is 7.05 Å². The Balaban J connectivity index is 0.00000243. The minimum absolute atomic E-state index is 0. The monoisotopic (exact) mass is 352 g/mol. The molecule has 0 saturated carbocycles. The molecule has 3 rings (SSSR count). The molecule has 4 heteroatoms. The van der Waals surface area contributed by atoms with E-state index >= 15 is 0 Å². The van der Waals surface area contributed by atoms with Gasteiger partial charge in [-0.15, -0.1) is 0 Å². The second-order valence-corrected chi connectivity index (χ2v) is 6.59. The van der Waals surface area contributed by atoms with Crippen LogP contribution in [0.1, 0.15) is 31.9 Å². The van der Waals surface area contributed by atoms with Crippen molar-refractivity contribution >= 4 is 11.8 Å². The molecule has 1 fully saturated rings. The van der Waals surface area contributed by atoms with Crippen LogP contribution >= 0.6 is 0 Å². The van der Waals surface area contributed by atoms with E-state index in [2.05, 4.69) is 12.1 Å². The van der Waals surface area contributed by atoms with E-state index in [1.54, 1.807) is 23.8 Å². The first-order valence-electron chi connectivity index (χ1n) is 8.71. The van der Waals surface area contributed by atoms with Crippen LogP contribution in [-0.2, 0) is 22.4 Å². The summed E-state index contributed by atoms with van der Waals surface area (Å²) < 4.78 is 0. The molecule has 0 radical (unpaired) electrons. The summed E-state index contributed by atoms with van der Waals surface area (Å²) in [4.78, 5) is 28.6. The summed E-state index contributed by atoms with van der Waals surface area (Å²) in [6.45, 7) is 1.56. The lowest BCUT2D eigenvalue weighted by Crippen LogP contribution is -2.43. The van der Waals surface area contributed by atoms with Gasteiger partial charge < -0.3 is 9.80 Å². The second-order valence-electron chi connectivity index (χ2n) is 6.59. The lowest BCUT2D eigenvalue weighted by molar-refractivity contribution is -0.134. The molecule has 1 aliphatic heterocycles. The maximum absolute atomic E-state index is 12.8. The molecule has 0 aliphatic carbocycles. The first kappa shape index (κ1) is 19.7. The van der Waals surface area contributed by atoms with Crippen LogP contribution in [0.5, 0.6) is 0 Å². The Bertz CT molecular complexity index is 730. The van der Waals surface area contributed by atoms with Crippen LogP contribution in [0.25, 0.3) is 0 Å². The molecule has 138 valence electrons. The van der Waals surface area contributed by atoms with Gasteiger partial charge in [0.05, 0.1) is 0 Å². The lowest BCUT2D eigenvalue weighted by atomic mass is 10.0. The number of carbonyl (C=O) groups is 2. The van der Waals surface area contributed by atoms with E-state index in [1.807, 2.05) is 48.5 Å². The quantitative estimate of drug-likeness (QED) is 0.826. The molecule has 26 heavy (non-hydrogen) atoms. The van der Waals surface area contributed by atoms with Crippen molar-refractivity contribution in [3.8, 4) is 0 Å². The third kappa shape index (κ3) is 4.13. The third-order valence-electron chi connectivity index (χ3n) is 4.91. The summed E-state index contributed by atoms with van der Waals surface area (Å²) in [5.41, 5.74) is 2.29. The number of hydrogen-bond donors (Lipinski definition) is 0. The van der Waals surface area contributed by atoms with Gasteiger partial charge in [-0.25, -0.2) is 0 Å². The van der Waals surface area contributed by atoms with Crippen LogP contribution < -0.4 is 0 Å². The van der Waals surface area contributed by atoms with E-state index in [-0.39, 0.29) is 25.4 Å². The summed E-state index contributed by atoms with van der Waals surface area (Å²) in [5, 5.41) is 0. The Labute approximate surface area is 156 Å². The SMILES string of the molecule is C.CC(=O)N1C(Cc2ccccc2)C(=O)N(C)C1CCc1ccccc1. The summed E-state index contributed by atoms with van der Waals surface area (Å²) in [6, 6.07) is 19.7. The normalized spacial score (nSPS) is 19.4. The molecule has 2 unspecified atom stereocenters. The molecule has 2 aromatic carbocycles. The maximum atomic E-state index is 12.8. The zero-order valence-electron chi connectivity index (χ0n) is 14.8. The van der Waals surface area contributed by atoms with E-state index in [4.69, 9.17) is 0 Å². The van der Waals surface area contributed by atoms with Gasteiger partial charge in [-0.1, -0.05) is 68.1 Å². The van der Waals surface area contributed by atoms with Crippen LogP contribution in [-0.4, -0.2) is 40.9 Å². The predicted molar refractivity (Wildman–Crippen MR) is 105 cm³/mol. The number of likely N-dealkylation sites (N-methyl/N-ethyl adjacent to an activating group) is 1. The topological polar surface area (TPSA) is 40.6 Å². The van der Waals surface area contributed by atoms with E-state index in [0.29, 0.717) is 6.42 Å². The Hall–Kier alpha value is -2.62. The standard InChI is InChI=1S/C21H24N2O2.CH4/c1-16(24)23-19(15-18-11-7-4-8-12-18)21(25)22(2)20(23)14-13-17-9-5-3-6-10-17;/h3-12,19-20H,13-15H2,1-2H3;1H4. The lowest BCUT2D eigenvalue weighted by Gasteiger charge is -2.29. The smallest absolute Gasteiger partial charge is 0.247 e. The van der Waals surface area contributed by atoms with Crippen molar-refractivity contribution in [3.05, 3.63) is 71.8 Å². The van der Waals surface area contributed by atoms with Crippen LogP contribution in [0.4, 0.5) is 0 Å². The molecule has 1 heterocycles. The number of nitrogens with zero attached hydrogens (tertiary/aromatic N) is 2. The zero-order valence-corrected chi connectivity index (χ0v) is 14.8. The van der Waals surface area contributed by atoms with Crippen molar-refractivity contribution in [1.82, 2.24) is 9.80 Å². The van der Waals surface area contributed by atoms with Gasteiger partial charge in [-0.05, 0) is 24.0 Å². The molecular weight excluding hydrogens is 324 g/mol. The molecule has 2 aromatic rings. The molecule has 0 bridgehead atoms. The molecule has 1 aliphatic rings. The van der Waals surface area contributed by atoms with Crippen LogP contribution in [0, 0.1) is 0 Å². The van der Waals surface area contributed by atoms with Gasteiger partial charge >= 0.3 is 0 Å². The zero-order chi connectivity index (χ0) is 17.8. The average molecular weight is 352 g/mol. The van der Waals surface area contributed by atoms with Gasteiger partial charge in [0.1, 0.15) is 12.2 Å². The number of benzene rings is 2. The van der Waals surface area contributed by atoms with Gasteiger partial charge in [-0.2, -0.15) is 0 Å². The first-order chi connectivity index (χ1) is 12.1. The summed E-state index contributed by atoms with van der Waals surface area (Å²) in [7, 11) is 1.80. The number of amides is 2. The number of rotatable bonds is 5. The molecular formula is C22H28N2O2. The highest BCUT2D eigenvalue weighted by molar-refractivity contribution is 5.90. The fourth-order valence-corrected chi connectivity index (χ4v) is 3.62. The van der Waals surface area contributed by atoms with Crippen molar-refractivity contribution in [2.45, 2.75) is 45.8 Å². The molecule has 2 amide bonds. The van der Waals surface area contributed by atoms with Crippen LogP contribution in [0.15, 0.2) is 60.7 Å². The molecule has 4 nitrogen and oxygen atoms in total. The van der Waals surface area contributed by atoms with Gasteiger partial charge in [0.15, 0.2) is 0 Å². The van der Waals surface area contributed by atoms with Crippen molar-refractivity contribution in [3.63, 3.8) is 0 Å². The highest BCUT2D eigenvalue weighted by atomic mass is 16.2. The van der Waals surface area contributed by atoms with Gasteiger partial charge in [-0.3, -0.25) is 9.59 Å². The minimum Gasteiger partial charge on any atom is -0.323 e. The van der Waals surface area contributed by atoms with Crippen molar-refractivity contribution < 1.29 is 9.59 Å². The third-order valence-corrected chi connectivity index (χ3v) is 4.91. The van der Waals surface area contributed by atoms with Crippen LogP contribution in [0.2, 0.25) is 0 Å². The van der Waals surface area contributed by atoms with Gasteiger partial charge in [0.2, 0.25) is 11.8 Å². The number of carbonyl (C=O) groups excluding carboxylic acids is 2. The average Bonchev–Trinajstić information content (AvgIpc) is 2.86. The molecule has 0 spiro atoms. The fraction of sp³-hybridized carbons (Fsp3) is 0.364. The van der Waals surface area contributed by atoms with E-state index in [1.165, 1.54) is 5.56 Å². The highest BCUT2D eigenvalue weighted by Gasteiger charge is 2.44. The van der Waals surface area contributed by atoms with Crippen molar-refractivity contribution in [2.24, 2.45) is 0 Å². The molecule has 0 aromatic heterocycles. The summed E-state index contributed by atoms with van der Waals surface area (Å²) in [6.07, 6.45) is 1.96. The van der Waals surface area contributed by atoms with Gasteiger partial charge in [0, 0.05) is 20.4 Å². The van der Waals surface area contributed by atoms with E-state index in [9.17, 15) is 9.59 Å². The van der Waals surface area contributed by atoms with Crippen molar-refractivity contribution in [1.29, 1.82) is 0 Å². The molecule has 1 saturated heterocycles. The Morgan fingerprint density at radius 1 is 0.962 bits per heavy atom. The summed E-state index contributed by atoms with van der Waals surface area (Å²) >= 11 is 0.